The van der Waals surface area contributed by atoms with E-state index in [0.717, 1.165) is 15.7 Å². The number of nitrogens with one attached hydrogen (secondary N) is 1. The van der Waals surface area contributed by atoms with E-state index in [1.807, 2.05) is 24.3 Å². The minimum atomic E-state index is 0.155. The molecule has 100 valence electrons. The van der Waals surface area contributed by atoms with Crippen molar-refractivity contribution in [3.63, 3.8) is 0 Å². The highest BCUT2D eigenvalue weighted by molar-refractivity contribution is 9.10. The van der Waals surface area contributed by atoms with E-state index in [9.17, 15) is 5.11 Å². The second kappa shape index (κ2) is 6.17. The molecule has 5 heteroatoms. The molecule has 0 saturated carbocycles. The molecule has 0 aromatic heterocycles. The molecular weight excluding hydrogens is 330 g/mol. The van der Waals surface area contributed by atoms with Gasteiger partial charge in [0.2, 0.25) is 0 Å². The van der Waals surface area contributed by atoms with Crippen molar-refractivity contribution in [1.29, 1.82) is 0 Å². The molecule has 0 aliphatic heterocycles. The maximum atomic E-state index is 9.98. The van der Waals surface area contributed by atoms with Crippen LogP contribution in [0.1, 0.15) is 5.56 Å². The summed E-state index contributed by atoms with van der Waals surface area (Å²) in [7, 11) is 1.53. The second-order valence-electron chi connectivity index (χ2n) is 3.95. The molecule has 3 nitrogen and oxygen atoms in total. The molecule has 0 aliphatic rings. The van der Waals surface area contributed by atoms with Crippen LogP contribution >= 0.6 is 27.5 Å². The standard InChI is InChI=1S/C14H13BrClNO2/c1-19-13-4-2-3-9(14(13)18)8-17-12-6-5-10(16)7-11(12)15/h2-7,17-18H,8H2,1H3. The summed E-state index contributed by atoms with van der Waals surface area (Å²) in [5, 5.41) is 13.9. The van der Waals surface area contributed by atoms with Gasteiger partial charge >= 0.3 is 0 Å². The number of halogens is 2. The molecule has 2 N–H and O–H groups in total. The van der Waals surface area contributed by atoms with Gasteiger partial charge in [0.25, 0.3) is 0 Å². The number of aromatic hydroxyl groups is 1. The Morgan fingerprint density at radius 2 is 2.11 bits per heavy atom. The van der Waals surface area contributed by atoms with Gasteiger partial charge in [-0.3, -0.25) is 0 Å². The van der Waals surface area contributed by atoms with Gasteiger partial charge in [0.05, 0.1) is 7.11 Å². The van der Waals surface area contributed by atoms with Crippen LogP contribution in [-0.4, -0.2) is 12.2 Å². The number of phenols is 1. The van der Waals surface area contributed by atoms with Crippen molar-refractivity contribution in [1.82, 2.24) is 0 Å². The van der Waals surface area contributed by atoms with Crippen molar-refractivity contribution in [2.75, 3.05) is 12.4 Å². The topological polar surface area (TPSA) is 41.5 Å². The number of methoxy groups -OCH3 is 1. The van der Waals surface area contributed by atoms with Crippen LogP contribution in [-0.2, 0) is 6.54 Å². The lowest BCUT2D eigenvalue weighted by Crippen LogP contribution is -2.01. The molecule has 0 atom stereocenters. The van der Waals surface area contributed by atoms with Gasteiger partial charge in [-0.1, -0.05) is 23.7 Å². The molecule has 0 radical (unpaired) electrons. The summed E-state index contributed by atoms with van der Waals surface area (Å²) in [5.74, 6) is 0.622. The molecule has 0 amide bonds. The first-order chi connectivity index (χ1) is 9.11. The van der Waals surface area contributed by atoms with Crippen LogP contribution in [0.4, 0.5) is 5.69 Å². The summed E-state index contributed by atoms with van der Waals surface area (Å²) < 4.78 is 5.95. The smallest absolute Gasteiger partial charge is 0.162 e. The Morgan fingerprint density at radius 1 is 1.32 bits per heavy atom. The van der Waals surface area contributed by atoms with Crippen LogP contribution in [0.2, 0.25) is 5.02 Å². The van der Waals surface area contributed by atoms with E-state index in [-0.39, 0.29) is 5.75 Å². The summed E-state index contributed by atoms with van der Waals surface area (Å²) in [5.41, 5.74) is 1.67. The number of phenolic OH excluding ortho intramolecular Hbond substituents is 1. The molecule has 0 unspecified atom stereocenters. The largest absolute Gasteiger partial charge is 0.504 e. The van der Waals surface area contributed by atoms with Crippen molar-refractivity contribution in [2.24, 2.45) is 0 Å². The highest BCUT2D eigenvalue weighted by Crippen LogP contribution is 2.31. The van der Waals surface area contributed by atoms with Crippen LogP contribution in [0.3, 0.4) is 0 Å². The Hall–Kier alpha value is -1.39. The number of rotatable bonds is 4. The molecule has 0 saturated heterocycles. The molecule has 0 spiro atoms. The van der Waals surface area contributed by atoms with Crippen LogP contribution in [0.5, 0.6) is 11.5 Å². The zero-order valence-electron chi connectivity index (χ0n) is 10.3. The number of benzene rings is 2. The molecule has 2 aromatic rings. The number of anilines is 1. The maximum absolute atomic E-state index is 9.98. The third-order valence-electron chi connectivity index (χ3n) is 2.70. The lowest BCUT2D eigenvalue weighted by atomic mass is 10.2. The summed E-state index contributed by atoms with van der Waals surface area (Å²) >= 11 is 9.32. The third-order valence-corrected chi connectivity index (χ3v) is 3.59. The van der Waals surface area contributed by atoms with Crippen LogP contribution < -0.4 is 10.1 Å². The first-order valence-corrected chi connectivity index (χ1v) is 6.82. The van der Waals surface area contributed by atoms with Gasteiger partial charge in [-0.2, -0.15) is 0 Å². The van der Waals surface area contributed by atoms with Crippen molar-refractivity contribution >= 4 is 33.2 Å². The van der Waals surface area contributed by atoms with Gasteiger partial charge in [-0.05, 0) is 40.2 Å². The Kier molecular flexibility index (Phi) is 4.56. The zero-order chi connectivity index (χ0) is 13.8. The first-order valence-electron chi connectivity index (χ1n) is 5.65. The Labute approximate surface area is 125 Å². The molecule has 2 rings (SSSR count). The van der Waals surface area contributed by atoms with Crippen LogP contribution in [0, 0.1) is 0 Å². The van der Waals surface area contributed by atoms with Gasteiger partial charge in [0, 0.05) is 27.3 Å². The van der Waals surface area contributed by atoms with Gasteiger partial charge in [0.1, 0.15) is 0 Å². The normalized spacial score (nSPS) is 10.3. The predicted octanol–water partition coefficient (Wildman–Crippen LogP) is 4.43. The summed E-state index contributed by atoms with van der Waals surface area (Å²) in [6.07, 6.45) is 0. The summed E-state index contributed by atoms with van der Waals surface area (Å²) in [6.45, 7) is 0.489. The zero-order valence-corrected chi connectivity index (χ0v) is 12.6. The minimum Gasteiger partial charge on any atom is -0.504 e. The Balaban J connectivity index is 2.14. The first kappa shape index (κ1) is 14.0. The molecular formula is C14H13BrClNO2. The fourth-order valence-electron chi connectivity index (χ4n) is 1.70. The number of hydrogen-bond acceptors (Lipinski definition) is 3. The van der Waals surface area contributed by atoms with Crippen LogP contribution in [0.15, 0.2) is 40.9 Å². The monoisotopic (exact) mass is 341 g/mol. The van der Waals surface area contributed by atoms with Crippen molar-refractivity contribution in [3.8, 4) is 11.5 Å². The van der Waals surface area contributed by atoms with E-state index in [2.05, 4.69) is 21.2 Å². The average Bonchev–Trinajstić information content (AvgIpc) is 2.39. The van der Waals surface area contributed by atoms with E-state index < -0.39 is 0 Å². The second-order valence-corrected chi connectivity index (χ2v) is 5.24. The van der Waals surface area contributed by atoms with Gasteiger partial charge in [-0.25, -0.2) is 0 Å². The molecule has 2 aromatic carbocycles. The average molecular weight is 343 g/mol. The Morgan fingerprint density at radius 3 is 2.79 bits per heavy atom. The predicted molar refractivity (Wildman–Crippen MR) is 81.1 cm³/mol. The van der Waals surface area contributed by atoms with E-state index >= 15 is 0 Å². The highest BCUT2D eigenvalue weighted by atomic mass is 79.9. The number of ether oxygens (including phenoxy) is 1. The van der Waals surface area contributed by atoms with Gasteiger partial charge in [-0.15, -0.1) is 0 Å². The molecule has 0 fully saturated rings. The molecule has 0 aliphatic carbocycles. The summed E-state index contributed by atoms with van der Waals surface area (Å²) in [4.78, 5) is 0. The SMILES string of the molecule is COc1cccc(CNc2ccc(Cl)cc2Br)c1O. The number of para-hydroxylation sites is 1. The lowest BCUT2D eigenvalue weighted by Gasteiger charge is -2.12. The Bertz CT molecular complexity index is 590. The van der Waals surface area contributed by atoms with Gasteiger partial charge < -0.3 is 15.2 Å². The van der Waals surface area contributed by atoms with Gasteiger partial charge in [0.15, 0.2) is 11.5 Å². The molecule has 0 bridgehead atoms. The van der Waals surface area contributed by atoms with Crippen molar-refractivity contribution < 1.29 is 9.84 Å². The fraction of sp³-hybridized carbons (Fsp3) is 0.143. The fourth-order valence-corrected chi connectivity index (χ4v) is 2.52. The summed E-state index contributed by atoms with van der Waals surface area (Å²) in [6, 6.07) is 10.9. The van der Waals surface area contributed by atoms with Crippen LogP contribution in [0.25, 0.3) is 0 Å². The lowest BCUT2D eigenvalue weighted by molar-refractivity contribution is 0.371. The molecule has 0 heterocycles. The quantitative estimate of drug-likeness (QED) is 0.863. The molecule has 19 heavy (non-hydrogen) atoms. The third kappa shape index (κ3) is 3.33. The van der Waals surface area contributed by atoms with E-state index in [4.69, 9.17) is 16.3 Å². The van der Waals surface area contributed by atoms with E-state index in [1.54, 1.807) is 12.1 Å². The van der Waals surface area contributed by atoms with Crippen molar-refractivity contribution in [3.05, 3.63) is 51.5 Å². The van der Waals surface area contributed by atoms with E-state index in [1.165, 1.54) is 7.11 Å². The van der Waals surface area contributed by atoms with E-state index in [0.29, 0.717) is 17.3 Å². The maximum Gasteiger partial charge on any atom is 0.162 e. The number of hydrogen-bond donors (Lipinski definition) is 2. The van der Waals surface area contributed by atoms with Crippen molar-refractivity contribution in [2.45, 2.75) is 6.54 Å². The highest BCUT2D eigenvalue weighted by Gasteiger charge is 2.07. The minimum absolute atomic E-state index is 0.155.